The van der Waals surface area contributed by atoms with Crippen LogP contribution in [0.15, 0.2) is 36.4 Å². The van der Waals surface area contributed by atoms with Crippen LogP contribution in [0.5, 0.6) is 0 Å². The Hall–Kier alpha value is -2.69. The lowest BCUT2D eigenvalue weighted by atomic mass is 10.1. The van der Waals surface area contributed by atoms with Crippen molar-refractivity contribution in [3.63, 3.8) is 0 Å². The summed E-state index contributed by atoms with van der Waals surface area (Å²) in [6.07, 6.45) is 0.334. The van der Waals surface area contributed by atoms with Crippen LogP contribution in [-0.2, 0) is 11.2 Å². The molecular weight excluding hydrogens is 271 g/mol. The minimum absolute atomic E-state index is 0.0803. The van der Waals surface area contributed by atoms with Gasteiger partial charge in [-0.25, -0.2) is 4.39 Å². The van der Waals surface area contributed by atoms with Crippen molar-refractivity contribution in [3.05, 3.63) is 58.9 Å². The predicted octanol–water partition coefficient (Wildman–Crippen LogP) is 2.88. The number of carbonyl (C=O) groups is 2. The van der Waals surface area contributed by atoms with Gasteiger partial charge in [0.2, 0.25) is 5.91 Å². The second kappa shape index (κ2) is 5.01. The quantitative estimate of drug-likeness (QED) is 0.891. The summed E-state index contributed by atoms with van der Waals surface area (Å²) >= 11 is 0. The van der Waals surface area contributed by atoms with E-state index in [1.807, 2.05) is 0 Å². The highest BCUT2D eigenvalue weighted by atomic mass is 19.1. The van der Waals surface area contributed by atoms with E-state index in [0.29, 0.717) is 23.4 Å². The van der Waals surface area contributed by atoms with Gasteiger partial charge in [0, 0.05) is 16.9 Å². The van der Waals surface area contributed by atoms with Crippen LogP contribution in [0.1, 0.15) is 21.5 Å². The number of amides is 2. The maximum absolute atomic E-state index is 13.3. The molecule has 2 aromatic rings. The Balaban J connectivity index is 1.83. The number of anilines is 2. The SMILES string of the molecule is Cc1cc(F)cc(NC(=O)c2ccc3c(c2)NC(=O)C3)c1. The van der Waals surface area contributed by atoms with E-state index in [9.17, 15) is 14.0 Å². The molecule has 5 heteroatoms. The van der Waals surface area contributed by atoms with Gasteiger partial charge in [0.25, 0.3) is 5.91 Å². The molecular formula is C16H13FN2O2. The van der Waals surface area contributed by atoms with Crippen molar-refractivity contribution in [2.24, 2.45) is 0 Å². The Labute approximate surface area is 121 Å². The Morgan fingerprint density at radius 3 is 2.81 bits per heavy atom. The van der Waals surface area contributed by atoms with Gasteiger partial charge in [0.05, 0.1) is 6.42 Å². The summed E-state index contributed by atoms with van der Waals surface area (Å²) < 4.78 is 13.3. The molecule has 0 radical (unpaired) electrons. The number of rotatable bonds is 2. The Kier molecular flexibility index (Phi) is 3.17. The molecule has 1 heterocycles. The predicted molar refractivity (Wildman–Crippen MR) is 77.9 cm³/mol. The van der Waals surface area contributed by atoms with E-state index < -0.39 is 5.82 Å². The number of benzene rings is 2. The van der Waals surface area contributed by atoms with Crippen LogP contribution in [0, 0.1) is 12.7 Å². The molecule has 3 rings (SSSR count). The average molecular weight is 284 g/mol. The maximum atomic E-state index is 13.3. The molecule has 0 saturated heterocycles. The third-order valence-electron chi connectivity index (χ3n) is 3.30. The first-order chi connectivity index (χ1) is 10.0. The number of aryl methyl sites for hydroxylation is 1. The third kappa shape index (κ3) is 2.76. The van der Waals surface area contributed by atoms with Gasteiger partial charge >= 0.3 is 0 Å². The van der Waals surface area contributed by atoms with Crippen molar-refractivity contribution in [2.75, 3.05) is 10.6 Å². The zero-order chi connectivity index (χ0) is 15.0. The fourth-order valence-electron chi connectivity index (χ4n) is 2.37. The lowest BCUT2D eigenvalue weighted by Gasteiger charge is -2.08. The lowest BCUT2D eigenvalue weighted by molar-refractivity contribution is -0.115. The van der Waals surface area contributed by atoms with Crippen molar-refractivity contribution in [1.29, 1.82) is 0 Å². The summed E-state index contributed by atoms with van der Waals surface area (Å²) in [5.74, 6) is -0.821. The number of hydrogen-bond acceptors (Lipinski definition) is 2. The van der Waals surface area contributed by atoms with Crippen molar-refractivity contribution < 1.29 is 14.0 Å². The summed E-state index contributed by atoms with van der Waals surface area (Å²) in [5.41, 5.74) is 3.08. The largest absolute Gasteiger partial charge is 0.326 e. The van der Waals surface area contributed by atoms with E-state index >= 15 is 0 Å². The minimum atomic E-state index is -0.397. The molecule has 4 nitrogen and oxygen atoms in total. The molecule has 2 amide bonds. The van der Waals surface area contributed by atoms with Crippen LogP contribution in [0.2, 0.25) is 0 Å². The topological polar surface area (TPSA) is 58.2 Å². The van der Waals surface area contributed by atoms with Gasteiger partial charge < -0.3 is 10.6 Å². The fourth-order valence-corrected chi connectivity index (χ4v) is 2.37. The fraction of sp³-hybridized carbons (Fsp3) is 0.125. The number of halogens is 1. The van der Waals surface area contributed by atoms with Gasteiger partial charge in [-0.05, 0) is 48.4 Å². The second-order valence-electron chi connectivity index (χ2n) is 5.07. The molecule has 0 saturated carbocycles. The van der Waals surface area contributed by atoms with E-state index in [1.165, 1.54) is 12.1 Å². The maximum Gasteiger partial charge on any atom is 0.255 e. The number of carbonyl (C=O) groups excluding carboxylic acids is 2. The van der Waals surface area contributed by atoms with Gasteiger partial charge in [0.15, 0.2) is 0 Å². The second-order valence-corrected chi connectivity index (χ2v) is 5.07. The van der Waals surface area contributed by atoms with Gasteiger partial charge in [-0.15, -0.1) is 0 Å². The first-order valence-electron chi connectivity index (χ1n) is 6.52. The van der Waals surface area contributed by atoms with Crippen LogP contribution in [-0.4, -0.2) is 11.8 Å². The highest BCUT2D eigenvalue weighted by Gasteiger charge is 2.19. The summed E-state index contributed by atoms with van der Waals surface area (Å²) in [7, 11) is 0. The zero-order valence-electron chi connectivity index (χ0n) is 11.4. The number of hydrogen-bond donors (Lipinski definition) is 2. The first-order valence-corrected chi connectivity index (χ1v) is 6.52. The lowest BCUT2D eigenvalue weighted by Crippen LogP contribution is -2.12. The first kappa shape index (κ1) is 13.3. The molecule has 0 atom stereocenters. The van der Waals surface area contributed by atoms with E-state index in [-0.39, 0.29) is 11.8 Å². The van der Waals surface area contributed by atoms with Gasteiger partial charge in [0.1, 0.15) is 5.82 Å². The molecule has 2 aromatic carbocycles. The van der Waals surface area contributed by atoms with Crippen molar-refractivity contribution in [3.8, 4) is 0 Å². The molecule has 0 spiro atoms. The molecule has 1 aliphatic rings. The van der Waals surface area contributed by atoms with E-state index in [1.54, 1.807) is 31.2 Å². The monoisotopic (exact) mass is 284 g/mol. The third-order valence-corrected chi connectivity index (χ3v) is 3.30. The summed E-state index contributed by atoms with van der Waals surface area (Å²) in [6, 6.07) is 9.37. The molecule has 0 aromatic heterocycles. The molecule has 0 unspecified atom stereocenters. The van der Waals surface area contributed by atoms with E-state index in [4.69, 9.17) is 0 Å². The summed E-state index contributed by atoms with van der Waals surface area (Å²) in [4.78, 5) is 23.5. The minimum Gasteiger partial charge on any atom is -0.326 e. The molecule has 106 valence electrons. The van der Waals surface area contributed by atoms with Crippen LogP contribution >= 0.6 is 0 Å². The van der Waals surface area contributed by atoms with Gasteiger partial charge in [-0.1, -0.05) is 6.07 Å². The van der Waals surface area contributed by atoms with E-state index in [0.717, 1.165) is 11.1 Å². The Morgan fingerprint density at radius 2 is 2.05 bits per heavy atom. The average Bonchev–Trinajstić information content (AvgIpc) is 2.76. The molecule has 1 aliphatic heterocycles. The Morgan fingerprint density at radius 1 is 1.24 bits per heavy atom. The standard InChI is InChI=1S/C16H13FN2O2/c1-9-4-12(17)8-13(5-9)18-16(21)11-3-2-10-7-15(20)19-14(10)6-11/h2-6,8H,7H2,1H3,(H,18,21)(H,19,20). The van der Waals surface area contributed by atoms with Crippen LogP contribution < -0.4 is 10.6 Å². The highest BCUT2D eigenvalue weighted by molar-refractivity contribution is 6.07. The van der Waals surface area contributed by atoms with Crippen LogP contribution in [0.25, 0.3) is 0 Å². The molecule has 0 fully saturated rings. The van der Waals surface area contributed by atoms with Crippen molar-refractivity contribution >= 4 is 23.2 Å². The Bertz CT molecular complexity index is 736. The molecule has 2 N–H and O–H groups in total. The van der Waals surface area contributed by atoms with Crippen molar-refractivity contribution in [2.45, 2.75) is 13.3 Å². The number of nitrogens with one attached hydrogen (secondary N) is 2. The normalized spacial score (nSPS) is 12.8. The molecule has 0 bridgehead atoms. The van der Waals surface area contributed by atoms with Crippen LogP contribution in [0.3, 0.4) is 0 Å². The van der Waals surface area contributed by atoms with E-state index in [2.05, 4.69) is 10.6 Å². The smallest absolute Gasteiger partial charge is 0.255 e. The molecule has 21 heavy (non-hydrogen) atoms. The number of fused-ring (bicyclic) bond motifs is 1. The van der Waals surface area contributed by atoms with Crippen molar-refractivity contribution in [1.82, 2.24) is 0 Å². The molecule has 0 aliphatic carbocycles. The van der Waals surface area contributed by atoms with Gasteiger partial charge in [-0.3, -0.25) is 9.59 Å². The van der Waals surface area contributed by atoms with Gasteiger partial charge in [-0.2, -0.15) is 0 Å². The zero-order valence-corrected chi connectivity index (χ0v) is 11.4. The summed E-state index contributed by atoms with van der Waals surface area (Å²) in [5, 5.41) is 5.35. The van der Waals surface area contributed by atoms with Crippen LogP contribution in [0.4, 0.5) is 15.8 Å². The highest BCUT2D eigenvalue weighted by Crippen LogP contribution is 2.24. The summed E-state index contributed by atoms with van der Waals surface area (Å²) in [6.45, 7) is 1.75.